The van der Waals surface area contributed by atoms with Crippen molar-refractivity contribution >= 4 is 46.1 Å². The molecule has 0 saturated heterocycles. The van der Waals surface area contributed by atoms with Crippen LogP contribution in [0.1, 0.15) is 132 Å². The molecule has 2 nitrogen and oxygen atoms in total. The van der Waals surface area contributed by atoms with Gasteiger partial charge in [-0.1, -0.05) is 176 Å². The van der Waals surface area contributed by atoms with Crippen LogP contribution < -0.4 is 0 Å². The molecule has 0 radical (unpaired) electrons. The van der Waals surface area contributed by atoms with E-state index < -0.39 is 0 Å². The van der Waals surface area contributed by atoms with Crippen molar-refractivity contribution < 1.29 is 0 Å². The van der Waals surface area contributed by atoms with Gasteiger partial charge in [0.05, 0.1) is 0 Å². The summed E-state index contributed by atoms with van der Waals surface area (Å²) in [6, 6.07) is 28.7. The molecule has 0 unspecified atom stereocenters. The van der Waals surface area contributed by atoms with E-state index in [1.54, 1.807) is 0 Å². The van der Waals surface area contributed by atoms with Gasteiger partial charge in [0.1, 0.15) is 0 Å². The highest BCUT2D eigenvalue weighted by Gasteiger charge is 2.10. The molecular formula is C45H56N2. The van der Waals surface area contributed by atoms with Gasteiger partial charge in [-0.3, -0.25) is 4.98 Å². The average Bonchev–Trinajstić information content (AvgIpc) is 3.43. The average molecular weight is 625 g/mol. The predicted octanol–water partition coefficient (Wildman–Crippen LogP) is 13.8. The van der Waals surface area contributed by atoms with Crippen LogP contribution in [0.2, 0.25) is 0 Å². The van der Waals surface area contributed by atoms with Crippen molar-refractivity contribution in [2.75, 3.05) is 0 Å². The van der Waals surface area contributed by atoms with E-state index in [0.717, 1.165) is 12.1 Å². The highest BCUT2D eigenvalue weighted by atomic mass is 15.0. The second-order valence-electron chi connectivity index (χ2n) is 13.4. The number of pyridine rings is 1. The van der Waals surface area contributed by atoms with Gasteiger partial charge in [0.15, 0.2) is 0 Å². The smallest absolute Gasteiger partial charge is 0.0491 e. The molecule has 5 aromatic rings. The zero-order valence-electron chi connectivity index (χ0n) is 28.9. The van der Waals surface area contributed by atoms with E-state index in [1.165, 1.54) is 141 Å². The number of aromatic nitrogens is 2. The third-order valence-electron chi connectivity index (χ3n) is 9.61. The second-order valence-corrected chi connectivity index (χ2v) is 13.4. The molecular weight excluding hydrogens is 569 g/mol. The number of hydrogen-bond donors (Lipinski definition) is 0. The molecule has 2 heteroatoms. The summed E-state index contributed by atoms with van der Waals surface area (Å²) >= 11 is 0. The van der Waals surface area contributed by atoms with Gasteiger partial charge < -0.3 is 4.57 Å². The van der Waals surface area contributed by atoms with Crippen LogP contribution in [0.5, 0.6) is 0 Å². The normalized spacial score (nSPS) is 11.9. The Morgan fingerprint density at radius 2 is 0.894 bits per heavy atom. The number of fused-ring (bicyclic) bond motifs is 3. The summed E-state index contributed by atoms with van der Waals surface area (Å²) in [4.78, 5) is 4.09. The first-order valence-electron chi connectivity index (χ1n) is 18.7. The molecule has 0 spiro atoms. The van der Waals surface area contributed by atoms with Crippen LogP contribution in [0.4, 0.5) is 0 Å². The molecule has 0 atom stereocenters. The Labute approximate surface area is 284 Å². The highest BCUT2D eigenvalue weighted by molar-refractivity contribution is 6.08. The highest BCUT2D eigenvalue weighted by Crippen LogP contribution is 2.31. The minimum Gasteiger partial charge on any atom is -0.340 e. The lowest BCUT2D eigenvalue weighted by Gasteiger charge is -2.08. The first-order valence-corrected chi connectivity index (χ1v) is 18.7. The van der Waals surface area contributed by atoms with Gasteiger partial charge in [0.25, 0.3) is 0 Å². The third kappa shape index (κ3) is 11.1. The zero-order chi connectivity index (χ0) is 32.4. The van der Waals surface area contributed by atoms with Crippen LogP contribution in [0.3, 0.4) is 0 Å². The Hall–Kier alpha value is -3.91. The topological polar surface area (TPSA) is 17.8 Å². The van der Waals surface area contributed by atoms with Crippen molar-refractivity contribution in [1.29, 1.82) is 0 Å². The van der Waals surface area contributed by atoms with Crippen molar-refractivity contribution in [3.8, 4) is 0 Å². The maximum absolute atomic E-state index is 4.09. The SMILES string of the molecule is CCCCCCCCCCCCCCCCCCn1c2ccccc2c2cc(/C=C/c3ccc(/C=C/c4ccncc4)cc3)ccc21. The van der Waals surface area contributed by atoms with E-state index in [2.05, 4.69) is 108 Å². The molecule has 0 saturated carbocycles. The lowest BCUT2D eigenvalue weighted by atomic mass is 10.0. The maximum Gasteiger partial charge on any atom is 0.0491 e. The van der Waals surface area contributed by atoms with Crippen molar-refractivity contribution in [2.45, 2.75) is 116 Å². The Morgan fingerprint density at radius 1 is 0.447 bits per heavy atom. The molecule has 0 aliphatic heterocycles. The zero-order valence-corrected chi connectivity index (χ0v) is 28.9. The van der Waals surface area contributed by atoms with E-state index in [9.17, 15) is 0 Å². The van der Waals surface area contributed by atoms with Gasteiger partial charge in [-0.15, -0.1) is 0 Å². The molecule has 0 aliphatic carbocycles. The summed E-state index contributed by atoms with van der Waals surface area (Å²) in [6.07, 6.45) is 34.9. The van der Waals surface area contributed by atoms with E-state index >= 15 is 0 Å². The minimum absolute atomic E-state index is 1.10. The predicted molar refractivity (Wildman–Crippen MR) is 208 cm³/mol. The lowest BCUT2D eigenvalue weighted by Crippen LogP contribution is -1.97. The fourth-order valence-electron chi connectivity index (χ4n) is 6.81. The summed E-state index contributed by atoms with van der Waals surface area (Å²) in [7, 11) is 0. The van der Waals surface area contributed by atoms with Gasteiger partial charge >= 0.3 is 0 Å². The van der Waals surface area contributed by atoms with Crippen LogP contribution in [0.15, 0.2) is 91.3 Å². The maximum atomic E-state index is 4.09. The fraction of sp³-hybridized carbons (Fsp3) is 0.400. The van der Waals surface area contributed by atoms with E-state index in [1.807, 2.05) is 24.5 Å². The van der Waals surface area contributed by atoms with Crippen molar-refractivity contribution in [3.63, 3.8) is 0 Å². The molecule has 0 bridgehead atoms. The van der Waals surface area contributed by atoms with Gasteiger partial charge in [-0.2, -0.15) is 0 Å². The molecule has 0 fully saturated rings. The Morgan fingerprint density at radius 3 is 1.47 bits per heavy atom. The minimum atomic E-state index is 1.10. The molecule has 5 rings (SSSR count). The van der Waals surface area contributed by atoms with Crippen LogP contribution in [0, 0.1) is 0 Å². The summed E-state index contributed by atoms with van der Waals surface area (Å²) in [5, 5.41) is 2.72. The van der Waals surface area contributed by atoms with E-state index in [-0.39, 0.29) is 0 Å². The molecule has 246 valence electrons. The number of aryl methyl sites for hydroxylation is 1. The monoisotopic (exact) mass is 624 g/mol. The summed E-state index contributed by atoms with van der Waals surface area (Å²) in [6.45, 7) is 3.40. The number of hydrogen-bond acceptors (Lipinski definition) is 1. The Bertz CT molecular complexity index is 1660. The standard InChI is InChI=1S/C45H56N2/c1-2-3-4-5-6-7-8-9-10-11-12-13-14-15-16-19-36-47-44-21-18-17-20-42(44)43-37-41(30-31-45(43)47)29-28-39-24-22-38(23-25-39)26-27-40-32-34-46-35-33-40/h17-18,20-35,37H,2-16,19,36H2,1H3/b27-26+,29-28+. The van der Waals surface area contributed by atoms with Crippen LogP contribution in [-0.4, -0.2) is 9.55 Å². The Balaban J connectivity index is 1.06. The lowest BCUT2D eigenvalue weighted by molar-refractivity contribution is 0.524. The Kier molecular flexibility index (Phi) is 14.4. The number of unbranched alkanes of at least 4 members (excludes halogenated alkanes) is 15. The largest absolute Gasteiger partial charge is 0.340 e. The molecule has 0 amide bonds. The second kappa shape index (κ2) is 19.7. The van der Waals surface area contributed by atoms with Crippen LogP contribution in [0.25, 0.3) is 46.1 Å². The van der Waals surface area contributed by atoms with Gasteiger partial charge in [-0.25, -0.2) is 0 Å². The molecule has 3 aromatic carbocycles. The third-order valence-corrected chi connectivity index (χ3v) is 9.61. The van der Waals surface area contributed by atoms with Crippen LogP contribution >= 0.6 is 0 Å². The van der Waals surface area contributed by atoms with Gasteiger partial charge in [0, 0.05) is 40.7 Å². The fourth-order valence-corrected chi connectivity index (χ4v) is 6.81. The molecule has 47 heavy (non-hydrogen) atoms. The van der Waals surface area contributed by atoms with E-state index in [0.29, 0.717) is 0 Å². The molecule has 2 aromatic heterocycles. The van der Waals surface area contributed by atoms with Crippen molar-refractivity contribution in [2.24, 2.45) is 0 Å². The van der Waals surface area contributed by atoms with Crippen molar-refractivity contribution in [3.05, 3.63) is 114 Å². The number of para-hydroxylation sites is 1. The van der Waals surface area contributed by atoms with Gasteiger partial charge in [-0.05, 0) is 59.0 Å². The quantitative estimate of drug-likeness (QED) is 0.0586. The van der Waals surface area contributed by atoms with Gasteiger partial charge in [0.2, 0.25) is 0 Å². The molecule has 0 N–H and O–H groups in total. The summed E-state index contributed by atoms with van der Waals surface area (Å²) < 4.78 is 2.56. The van der Waals surface area contributed by atoms with E-state index in [4.69, 9.17) is 0 Å². The first kappa shape index (κ1) is 34.4. The molecule has 0 aliphatic rings. The van der Waals surface area contributed by atoms with Crippen molar-refractivity contribution in [1.82, 2.24) is 9.55 Å². The number of benzene rings is 3. The summed E-state index contributed by atoms with van der Waals surface area (Å²) in [5.41, 5.74) is 7.51. The number of nitrogens with zero attached hydrogens (tertiary/aromatic N) is 2. The molecule has 2 heterocycles. The number of rotatable bonds is 21. The summed E-state index contributed by atoms with van der Waals surface area (Å²) in [5.74, 6) is 0. The first-order chi connectivity index (χ1) is 23.3. The van der Waals surface area contributed by atoms with Crippen LogP contribution in [-0.2, 0) is 6.54 Å².